The van der Waals surface area contributed by atoms with E-state index in [2.05, 4.69) is 10.4 Å². The molecule has 5 nitrogen and oxygen atoms in total. The largest absolute Gasteiger partial charge is 0.504 e. The number of aryl methyl sites for hydroxylation is 2. The second kappa shape index (κ2) is 5.65. The first-order chi connectivity index (χ1) is 9.15. The summed E-state index contributed by atoms with van der Waals surface area (Å²) in [5.41, 5.74) is 2.72. The number of aromatic nitrogens is 2. The van der Waals surface area contributed by atoms with Crippen LogP contribution in [0.25, 0.3) is 0 Å². The summed E-state index contributed by atoms with van der Waals surface area (Å²) in [6.07, 6.45) is 1.96. The van der Waals surface area contributed by atoms with E-state index in [0.717, 1.165) is 23.5 Å². The highest BCUT2D eigenvalue weighted by Crippen LogP contribution is 2.29. The Hall–Kier alpha value is -2.17. The van der Waals surface area contributed by atoms with E-state index in [-0.39, 0.29) is 5.75 Å². The standard InChI is InChI=1S/C14H19N3O2/c1-4-17-9-12(10(2)16-17)15-8-11-6-5-7-13(19-3)14(11)18/h5-7,9,15,18H,4,8H2,1-3H3. The highest BCUT2D eigenvalue weighted by atomic mass is 16.5. The van der Waals surface area contributed by atoms with Gasteiger partial charge in [-0.1, -0.05) is 12.1 Å². The lowest BCUT2D eigenvalue weighted by Gasteiger charge is -2.10. The molecule has 2 rings (SSSR count). The van der Waals surface area contributed by atoms with Gasteiger partial charge < -0.3 is 15.2 Å². The number of nitrogens with one attached hydrogen (secondary N) is 1. The Morgan fingerprint density at radius 2 is 2.21 bits per heavy atom. The SMILES string of the molecule is CCn1cc(NCc2cccc(OC)c2O)c(C)n1. The zero-order valence-corrected chi connectivity index (χ0v) is 11.5. The topological polar surface area (TPSA) is 59.3 Å². The lowest BCUT2D eigenvalue weighted by molar-refractivity contribution is 0.371. The van der Waals surface area contributed by atoms with E-state index in [1.165, 1.54) is 0 Å². The summed E-state index contributed by atoms with van der Waals surface area (Å²) in [6, 6.07) is 5.46. The molecule has 19 heavy (non-hydrogen) atoms. The smallest absolute Gasteiger partial charge is 0.162 e. The molecule has 0 amide bonds. The van der Waals surface area contributed by atoms with Gasteiger partial charge in [0, 0.05) is 24.8 Å². The number of aromatic hydroxyl groups is 1. The van der Waals surface area contributed by atoms with E-state index in [4.69, 9.17) is 4.74 Å². The minimum absolute atomic E-state index is 0.179. The fourth-order valence-electron chi connectivity index (χ4n) is 1.92. The molecule has 102 valence electrons. The van der Waals surface area contributed by atoms with Gasteiger partial charge in [-0.15, -0.1) is 0 Å². The van der Waals surface area contributed by atoms with Crippen molar-refractivity contribution in [2.45, 2.75) is 26.9 Å². The van der Waals surface area contributed by atoms with Gasteiger partial charge in [0.05, 0.1) is 18.5 Å². The molecule has 0 radical (unpaired) electrons. The number of rotatable bonds is 5. The van der Waals surface area contributed by atoms with Crippen LogP contribution in [-0.2, 0) is 13.1 Å². The summed E-state index contributed by atoms with van der Waals surface area (Å²) in [5, 5.41) is 17.6. The van der Waals surface area contributed by atoms with E-state index in [1.807, 2.05) is 36.9 Å². The lowest BCUT2D eigenvalue weighted by Crippen LogP contribution is -2.00. The lowest BCUT2D eigenvalue weighted by atomic mass is 10.2. The van der Waals surface area contributed by atoms with E-state index in [0.29, 0.717) is 12.3 Å². The maximum atomic E-state index is 10.0. The normalized spacial score (nSPS) is 10.5. The molecule has 0 fully saturated rings. The molecule has 1 heterocycles. The molecule has 0 aliphatic heterocycles. The Labute approximate surface area is 112 Å². The van der Waals surface area contributed by atoms with E-state index >= 15 is 0 Å². The summed E-state index contributed by atoms with van der Waals surface area (Å²) in [5.74, 6) is 0.665. The molecule has 0 aliphatic rings. The van der Waals surface area contributed by atoms with Gasteiger partial charge in [-0.3, -0.25) is 4.68 Å². The van der Waals surface area contributed by atoms with Crippen molar-refractivity contribution in [3.63, 3.8) is 0 Å². The highest BCUT2D eigenvalue weighted by molar-refractivity contribution is 5.50. The third kappa shape index (κ3) is 2.81. The van der Waals surface area contributed by atoms with Gasteiger partial charge in [0.2, 0.25) is 0 Å². The molecule has 1 aromatic heterocycles. The molecule has 5 heteroatoms. The van der Waals surface area contributed by atoms with Crippen LogP contribution in [0.2, 0.25) is 0 Å². The van der Waals surface area contributed by atoms with Gasteiger partial charge in [-0.25, -0.2) is 0 Å². The number of anilines is 1. The van der Waals surface area contributed by atoms with Crippen LogP contribution in [0.1, 0.15) is 18.2 Å². The second-order valence-corrected chi connectivity index (χ2v) is 4.31. The number of nitrogens with zero attached hydrogens (tertiary/aromatic N) is 2. The first kappa shape index (κ1) is 13.3. The second-order valence-electron chi connectivity index (χ2n) is 4.31. The van der Waals surface area contributed by atoms with E-state index < -0.39 is 0 Å². The van der Waals surface area contributed by atoms with Crippen LogP contribution in [-0.4, -0.2) is 22.0 Å². The molecular weight excluding hydrogens is 242 g/mol. The van der Waals surface area contributed by atoms with Gasteiger partial charge in [-0.05, 0) is 19.9 Å². The Bertz CT molecular complexity index is 564. The van der Waals surface area contributed by atoms with Crippen molar-refractivity contribution in [1.29, 1.82) is 0 Å². The number of ether oxygens (including phenoxy) is 1. The first-order valence-electron chi connectivity index (χ1n) is 6.28. The Kier molecular flexibility index (Phi) is 3.94. The van der Waals surface area contributed by atoms with Crippen LogP contribution < -0.4 is 10.1 Å². The van der Waals surface area contributed by atoms with Crippen molar-refractivity contribution in [2.24, 2.45) is 0 Å². The third-order valence-corrected chi connectivity index (χ3v) is 3.04. The number of phenolic OH excluding ortho intramolecular Hbond substituents is 1. The van der Waals surface area contributed by atoms with Gasteiger partial charge in [-0.2, -0.15) is 5.10 Å². The molecule has 0 bridgehead atoms. The van der Waals surface area contributed by atoms with Crippen molar-refractivity contribution in [2.75, 3.05) is 12.4 Å². The van der Waals surface area contributed by atoms with Gasteiger partial charge in [0.15, 0.2) is 11.5 Å². The van der Waals surface area contributed by atoms with Crippen LogP contribution in [0.15, 0.2) is 24.4 Å². The quantitative estimate of drug-likeness (QED) is 0.868. The number of benzene rings is 1. The number of phenols is 1. The Morgan fingerprint density at radius 3 is 2.84 bits per heavy atom. The van der Waals surface area contributed by atoms with Crippen molar-refractivity contribution in [3.8, 4) is 11.5 Å². The summed E-state index contributed by atoms with van der Waals surface area (Å²) in [7, 11) is 1.54. The van der Waals surface area contributed by atoms with Gasteiger partial charge in [0.1, 0.15) is 0 Å². The molecule has 0 unspecified atom stereocenters. The monoisotopic (exact) mass is 261 g/mol. The van der Waals surface area contributed by atoms with Crippen LogP contribution in [0.4, 0.5) is 5.69 Å². The zero-order valence-electron chi connectivity index (χ0n) is 11.5. The van der Waals surface area contributed by atoms with Gasteiger partial charge >= 0.3 is 0 Å². The van der Waals surface area contributed by atoms with Crippen LogP contribution in [0.3, 0.4) is 0 Å². The highest BCUT2D eigenvalue weighted by Gasteiger charge is 2.08. The molecule has 2 aromatic rings. The molecule has 0 atom stereocenters. The fourth-order valence-corrected chi connectivity index (χ4v) is 1.92. The maximum Gasteiger partial charge on any atom is 0.162 e. The van der Waals surface area contributed by atoms with E-state index in [9.17, 15) is 5.11 Å². The average Bonchev–Trinajstić information content (AvgIpc) is 2.78. The van der Waals surface area contributed by atoms with Crippen LogP contribution >= 0.6 is 0 Å². The Balaban J connectivity index is 2.12. The van der Waals surface area contributed by atoms with Crippen molar-refractivity contribution >= 4 is 5.69 Å². The molecule has 1 aromatic carbocycles. The predicted octanol–water partition coefficient (Wildman–Crippen LogP) is 2.54. The number of para-hydroxylation sites is 1. The van der Waals surface area contributed by atoms with Crippen molar-refractivity contribution in [1.82, 2.24) is 9.78 Å². The summed E-state index contributed by atoms with van der Waals surface area (Å²) in [4.78, 5) is 0. The van der Waals surface area contributed by atoms with Crippen LogP contribution in [0.5, 0.6) is 11.5 Å². The molecule has 0 aliphatic carbocycles. The maximum absolute atomic E-state index is 10.0. The minimum atomic E-state index is 0.179. The molecule has 0 saturated heterocycles. The molecule has 0 saturated carbocycles. The number of methoxy groups -OCH3 is 1. The van der Waals surface area contributed by atoms with Gasteiger partial charge in [0.25, 0.3) is 0 Å². The summed E-state index contributed by atoms with van der Waals surface area (Å²) >= 11 is 0. The summed E-state index contributed by atoms with van der Waals surface area (Å²) in [6.45, 7) is 5.37. The number of hydrogen-bond donors (Lipinski definition) is 2. The molecule has 2 N–H and O–H groups in total. The zero-order chi connectivity index (χ0) is 13.8. The fraction of sp³-hybridized carbons (Fsp3) is 0.357. The Morgan fingerprint density at radius 1 is 1.42 bits per heavy atom. The first-order valence-corrected chi connectivity index (χ1v) is 6.28. The minimum Gasteiger partial charge on any atom is -0.504 e. The van der Waals surface area contributed by atoms with Crippen LogP contribution in [0, 0.1) is 6.92 Å². The van der Waals surface area contributed by atoms with E-state index in [1.54, 1.807) is 13.2 Å². The third-order valence-electron chi connectivity index (χ3n) is 3.04. The number of hydrogen-bond acceptors (Lipinski definition) is 4. The average molecular weight is 261 g/mol. The molecule has 0 spiro atoms. The van der Waals surface area contributed by atoms with Crippen molar-refractivity contribution in [3.05, 3.63) is 35.7 Å². The van der Waals surface area contributed by atoms with Crippen molar-refractivity contribution < 1.29 is 9.84 Å². The summed E-state index contributed by atoms with van der Waals surface area (Å²) < 4.78 is 6.97. The molecular formula is C14H19N3O2. The predicted molar refractivity (Wildman–Crippen MR) is 74.6 cm³/mol.